The van der Waals surface area contributed by atoms with Gasteiger partial charge in [0.05, 0.1) is 18.2 Å². The molecule has 1 aliphatic heterocycles. The van der Waals surface area contributed by atoms with Crippen LogP contribution < -0.4 is 11.1 Å². The van der Waals surface area contributed by atoms with Gasteiger partial charge in [-0.15, -0.1) is 0 Å². The van der Waals surface area contributed by atoms with Crippen molar-refractivity contribution in [2.24, 2.45) is 11.7 Å². The van der Waals surface area contributed by atoms with Gasteiger partial charge in [0.2, 0.25) is 11.8 Å². The molecule has 4 atom stereocenters. The Bertz CT molecular complexity index is 350. The molecule has 1 fully saturated rings. The molecule has 0 bridgehead atoms. The molecular weight excluding hydrogens is 258 g/mol. The van der Waals surface area contributed by atoms with Crippen LogP contribution in [-0.2, 0) is 14.3 Å². The maximum Gasteiger partial charge on any atom is 0.239 e. The second kappa shape index (κ2) is 7.04. The summed E-state index contributed by atoms with van der Waals surface area (Å²) in [5.41, 5.74) is 5.20. The van der Waals surface area contributed by atoms with Crippen molar-refractivity contribution in [2.75, 3.05) is 13.1 Å². The molecule has 0 aromatic carbocycles. The Morgan fingerprint density at radius 2 is 1.70 bits per heavy atom. The molecule has 0 radical (unpaired) electrons. The lowest BCUT2D eigenvalue weighted by atomic mass is 9.99. The molecule has 3 N–H and O–H groups in total. The molecule has 6 heteroatoms. The maximum atomic E-state index is 12.4. The highest BCUT2D eigenvalue weighted by Crippen LogP contribution is 2.18. The van der Waals surface area contributed by atoms with Crippen LogP contribution in [0.2, 0.25) is 0 Å². The third kappa shape index (κ3) is 4.45. The monoisotopic (exact) mass is 285 g/mol. The van der Waals surface area contributed by atoms with Crippen LogP contribution in [0, 0.1) is 5.92 Å². The lowest BCUT2D eigenvalue weighted by molar-refractivity contribution is -0.138. The molecule has 116 valence electrons. The zero-order valence-corrected chi connectivity index (χ0v) is 13.1. The Morgan fingerprint density at radius 1 is 1.20 bits per heavy atom. The number of carbonyl (C=O) groups is 2. The molecule has 6 nitrogen and oxygen atoms in total. The highest BCUT2D eigenvalue weighted by molar-refractivity contribution is 5.88. The first kappa shape index (κ1) is 16.9. The molecule has 1 heterocycles. The second-order valence-electron chi connectivity index (χ2n) is 6.03. The smallest absolute Gasteiger partial charge is 0.239 e. The van der Waals surface area contributed by atoms with Gasteiger partial charge in [0.15, 0.2) is 0 Å². The van der Waals surface area contributed by atoms with Crippen molar-refractivity contribution in [1.82, 2.24) is 10.2 Å². The number of hydrogen-bond acceptors (Lipinski definition) is 4. The highest BCUT2D eigenvalue weighted by Gasteiger charge is 2.34. The Morgan fingerprint density at radius 3 is 2.10 bits per heavy atom. The van der Waals surface area contributed by atoms with Crippen molar-refractivity contribution in [3.8, 4) is 0 Å². The summed E-state index contributed by atoms with van der Waals surface area (Å²) in [6.45, 7) is 11.0. The van der Waals surface area contributed by atoms with Gasteiger partial charge in [0.25, 0.3) is 0 Å². The number of hydrogen-bond donors (Lipinski definition) is 2. The van der Waals surface area contributed by atoms with Crippen LogP contribution in [0.15, 0.2) is 0 Å². The van der Waals surface area contributed by atoms with Crippen molar-refractivity contribution >= 4 is 11.8 Å². The van der Waals surface area contributed by atoms with E-state index in [2.05, 4.69) is 10.2 Å². The number of nitrogens with one attached hydrogen (secondary N) is 1. The highest BCUT2D eigenvalue weighted by atomic mass is 16.5. The number of nitrogens with zero attached hydrogens (tertiary/aromatic N) is 1. The quantitative estimate of drug-likeness (QED) is 0.751. The summed E-state index contributed by atoms with van der Waals surface area (Å²) in [4.78, 5) is 25.6. The SMILES string of the molecule is CC1CN(C(C(=O)NC(C)C(N)=O)C(C)C)CC(C)O1. The molecule has 2 amide bonds. The van der Waals surface area contributed by atoms with Gasteiger partial charge >= 0.3 is 0 Å². The molecule has 1 rings (SSSR count). The molecule has 20 heavy (non-hydrogen) atoms. The van der Waals surface area contributed by atoms with Gasteiger partial charge in [-0.3, -0.25) is 14.5 Å². The van der Waals surface area contributed by atoms with Crippen LogP contribution in [0.25, 0.3) is 0 Å². The number of carbonyl (C=O) groups excluding carboxylic acids is 2. The predicted molar refractivity (Wildman–Crippen MR) is 77.0 cm³/mol. The van der Waals surface area contributed by atoms with E-state index in [9.17, 15) is 9.59 Å². The van der Waals surface area contributed by atoms with Crippen LogP contribution in [0.3, 0.4) is 0 Å². The van der Waals surface area contributed by atoms with Gasteiger partial charge in [-0.2, -0.15) is 0 Å². The van der Waals surface area contributed by atoms with Crippen LogP contribution in [-0.4, -0.2) is 54.1 Å². The molecule has 0 aromatic heterocycles. The van der Waals surface area contributed by atoms with Gasteiger partial charge in [-0.1, -0.05) is 13.8 Å². The van der Waals surface area contributed by atoms with Gasteiger partial charge in [-0.25, -0.2) is 0 Å². The van der Waals surface area contributed by atoms with E-state index in [0.29, 0.717) is 13.1 Å². The molecule has 0 saturated carbocycles. The summed E-state index contributed by atoms with van der Waals surface area (Å²) < 4.78 is 5.70. The van der Waals surface area contributed by atoms with E-state index in [1.54, 1.807) is 6.92 Å². The molecule has 1 saturated heterocycles. The Kier molecular flexibility index (Phi) is 5.95. The molecule has 4 unspecified atom stereocenters. The van der Waals surface area contributed by atoms with Crippen molar-refractivity contribution in [3.05, 3.63) is 0 Å². The van der Waals surface area contributed by atoms with Gasteiger partial charge in [-0.05, 0) is 26.7 Å². The van der Waals surface area contributed by atoms with E-state index in [0.717, 1.165) is 0 Å². The Hall–Kier alpha value is -1.14. The van der Waals surface area contributed by atoms with Crippen molar-refractivity contribution in [2.45, 2.75) is 58.9 Å². The predicted octanol–water partition coefficient (Wildman–Crippen LogP) is 0.110. The van der Waals surface area contributed by atoms with Gasteiger partial charge in [0, 0.05) is 13.1 Å². The van der Waals surface area contributed by atoms with Crippen LogP contribution >= 0.6 is 0 Å². The number of ether oxygens (including phenoxy) is 1. The first-order valence-electron chi connectivity index (χ1n) is 7.21. The summed E-state index contributed by atoms with van der Waals surface area (Å²) in [5.74, 6) is -0.523. The minimum absolute atomic E-state index is 0.0985. The molecular formula is C14H27N3O3. The number of amides is 2. The average molecular weight is 285 g/mol. The molecule has 0 aromatic rings. The van der Waals surface area contributed by atoms with E-state index >= 15 is 0 Å². The van der Waals surface area contributed by atoms with Gasteiger partial charge < -0.3 is 15.8 Å². The van der Waals surface area contributed by atoms with E-state index in [1.165, 1.54) is 0 Å². The van der Waals surface area contributed by atoms with Crippen LogP contribution in [0.4, 0.5) is 0 Å². The minimum Gasteiger partial charge on any atom is -0.373 e. The Labute approximate surface area is 121 Å². The normalized spacial score (nSPS) is 27.1. The third-order valence-corrected chi connectivity index (χ3v) is 3.53. The van der Waals surface area contributed by atoms with E-state index in [1.807, 2.05) is 27.7 Å². The topological polar surface area (TPSA) is 84.7 Å². The molecule has 0 aliphatic carbocycles. The summed E-state index contributed by atoms with van der Waals surface area (Å²) in [6, 6.07) is -0.926. The summed E-state index contributed by atoms with van der Waals surface area (Å²) in [7, 11) is 0. The van der Waals surface area contributed by atoms with Gasteiger partial charge in [0.1, 0.15) is 6.04 Å². The fraction of sp³-hybridized carbons (Fsp3) is 0.857. The number of nitrogens with two attached hydrogens (primary N) is 1. The standard InChI is InChI=1S/C14H27N3O3/c1-8(2)12(14(19)16-11(5)13(15)18)17-6-9(3)20-10(4)7-17/h8-12H,6-7H2,1-5H3,(H2,15,18)(H,16,19). The Balaban J connectivity index is 2.77. The van der Waals surface area contributed by atoms with E-state index in [4.69, 9.17) is 10.5 Å². The lowest BCUT2D eigenvalue weighted by Gasteiger charge is -2.41. The van der Waals surface area contributed by atoms with Crippen molar-refractivity contribution < 1.29 is 14.3 Å². The largest absolute Gasteiger partial charge is 0.373 e. The zero-order chi connectivity index (χ0) is 15.4. The van der Waals surface area contributed by atoms with Crippen molar-refractivity contribution in [3.63, 3.8) is 0 Å². The molecule has 0 spiro atoms. The minimum atomic E-state index is -0.653. The molecule has 1 aliphatic rings. The fourth-order valence-corrected chi connectivity index (χ4v) is 2.70. The maximum absolute atomic E-state index is 12.4. The first-order valence-corrected chi connectivity index (χ1v) is 7.21. The fourth-order valence-electron chi connectivity index (χ4n) is 2.70. The number of morpholine rings is 1. The van der Waals surface area contributed by atoms with E-state index < -0.39 is 11.9 Å². The number of primary amides is 1. The first-order chi connectivity index (χ1) is 9.22. The van der Waals surface area contributed by atoms with Crippen LogP contribution in [0.1, 0.15) is 34.6 Å². The summed E-state index contributed by atoms with van der Waals surface area (Å²) in [5, 5.41) is 2.69. The van der Waals surface area contributed by atoms with Crippen LogP contribution in [0.5, 0.6) is 0 Å². The number of rotatable bonds is 5. The lowest BCUT2D eigenvalue weighted by Crippen LogP contribution is -2.58. The van der Waals surface area contributed by atoms with Crippen molar-refractivity contribution in [1.29, 1.82) is 0 Å². The average Bonchev–Trinajstić information content (AvgIpc) is 2.26. The summed E-state index contributed by atoms with van der Waals surface area (Å²) in [6.07, 6.45) is 0.197. The van der Waals surface area contributed by atoms with E-state index in [-0.39, 0.29) is 30.1 Å². The second-order valence-corrected chi connectivity index (χ2v) is 6.03. The summed E-state index contributed by atoms with van der Waals surface area (Å²) >= 11 is 0. The zero-order valence-electron chi connectivity index (χ0n) is 13.1. The third-order valence-electron chi connectivity index (χ3n) is 3.53.